The van der Waals surface area contributed by atoms with Gasteiger partial charge in [0.2, 0.25) is 0 Å². The topological polar surface area (TPSA) is 66.4 Å². The average Bonchev–Trinajstić information content (AvgIpc) is 2.82. The first-order chi connectivity index (χ1) is 14.8. The molecular formula is C24H21N3O3. The van der Waals surface area contributed by atoms with Crippen LogP contribution in [0.4, 0.5) is 0 Å². The Hall–Kier alpha value is -3.93. The Morgan fingerprint density at radius 3 is 1.10 bits per heavy atom. The molecule has 0 radical (unpaired) electrons. The Morgan fingerprint density at radius 1 is 0.500 bits per heavy atom. The molecule has 3 aromatic heterocycles. The molecule has 0 spiro atoms. The third kappa shape index (κ3) is 5.78. The summed E-state index contributed by atoms with van der Waals surface area (Å²) in [5.41, 5.74) is 2.95. The van der Waals surface area contributed by atoms with E-state index in [1.165, 1.54) is 0 Å². The SMILES string of the molecule is c1cncc(COc2cc(OCc3cccnc3)cc(OCc3cccnc3)c2)c1. The summed E-state index contributed by atoms with van der Waals surface area (Å²) in [6.45, 7) is 1.21. The number of pyridine rings is 3. The van der Waals surface area contributed by atoms with Crippen molar-refractivity contribution in [3.05, 3.63) is 108 Å². The van der Waals surface area contributed by atoms with Crippen LogP contribution in [0.3, 0.4) is 0 Å². The summed E-state index contributed by atoms with van der Waals surface area (Å²) in [5, 5.41) is 0. The van der Waals surface area contributed by atoms with Crippen molar-refractivity contribution in [2.24, 2.45) is 0 Å². The van der Waals surface area contributed by atoms with Gasteiger partial charge in [-0.05, 0) is 18.2 Å². The van der Waals surface area contributed by atoms with Gasteiger partial charge in [-0.2, -0.15) is 0 Å². The molecule has 4 aromatic rings. The van der Waals surface area contributed by atoms with E-state index in [0.29, 0.717) is 37.1 Å². The second kappa shape index (κ2) is 10.0. The molecule has 0 aliphatic heterocycles. The molecule has 0 aliphatic rings. The summed E-state index contributed by atoms with van der Waals surface area (Å²) in [4.78, 5) is 12.4. The summed E-state index contributed by atoms with van der Waals surface area (Å²) in [7, 11) is 0. The van der Waals surface area contributed by atoms with Crippen molar-refractivity contribution >= 4 is 0 Å². The van der Waals surface area contributed by atoms with Crippen molar-refractivity contribution in [3.8, 4) is 17.2 Å². The van der Waals surface area contributed by atoms with Crippen LogP contribution in [0, 0.1) is 0 Å². The highest BCUT2D eigenvalue weighted by atomic mass is 16.5. The van der Waals surface area contributed by atoms with Gasteiger partial charge < -0.3 is 14.2 Å². The van der Waals surface area contributed by atoms with Crippen LogP contribution in [0.2, 0.25) is 0 Å². The lowest BCUT2D eigenvalue weighted by atomic mass is 10.2. The van der Waals surface area contributed by atoms with Gasteiger partial charge in [0.1, 0.15) is 37.1 Å². The van der Waals surface area contributed by atoms with E-state index in [-0.39, 0.29) is 0 Å². The zero-order valence-corrected chi connectivity index (χ0v) is 16.3. The van der Waals surface area contributed by atoms with Gasteiger partial charge in [-0.15, -0.1) is 0 Å². The number of hydrogen-bond acceptors (Lipinski definition) is 6. The van der Waals surface area contributed by atoms with Crippen LogP contribution in [0.5, 0.6) is 17.2 Å². The maximum Gasteiger partial charge on any atom is 0.127 e. The van der Waals surface area contributed by atoms with E-state index in [9.17, 15) is 0 Å². The standard InChI is InChI=1S/C24H21N3O3/c1-4-19(13-25-7-1)16-28-22-10-23(29-17-20-5-2-8-26-14-20)12-24(11-22)30-18-21-6-3-9-27-15-21/h1-15H,16-18H2. The molecule has 0 saturated heterocycles. The van der Waals surface area contributed by atoms with Crippen LogP contribution in [0.1, 0.15) is 16.7 Å². The van der Waals surface area contributed by atoms with E-state index in [1.54, 1.807) is 37.2 Å². The molecule has 3 heterocycles. The predicted molar refractivity (Wildman–Crippen MR) is 112 cm³/mol. The lowest BCUT2D eigenvalue weighted by Gasteiger charge is -2.13. The fourth-order valence-corrected chi connectivity index (χ4v) is 2.75. The number of aromatic nitrogens is 3. The maximum absolute atomic E-state index is 5.95. The van der Waals surface area contributed by atoms with E-state index in [0.717, 1.165) is 16.7 Å². The number of benzene rings is 1. The third-order valence-electron chi connectivity index (χ3n) is 4.24. The molecule has 30 heavy (non-hydrogen) atoms. The van der Waals surface area contributed by atoms with Crippen LogP contribution in [-0.2, 0) is 19.8 Å². The fourth-order valence-electron chi connectivity index (χ4n) is 2.75. The Kier molecular flexibility index (Phi) is 6.48. The predicted octanol–water partition coefficient (Wildman–Crippen LogP) is 4.61. The van der Waals surface area contributed by atoms with E-state index in [1.807, 2.05) is 54.6 Å². The zero-order valence-electron chi connectivity index (χ0n) is 16.3. The van der Waals surface area contributed by atoms with Gasteiger partial charge in [-0.25, -0.2) is 0 Å². The molecular weight excluding hydrogens is 378 g/mol. The first kappa shape index (κ1) is 19.4. The Morgan fingerprint density at radius 2 is 0.833 bits per heavy atom. The van der Waals surface area contributed by atoms with Crippen molar-refractivity contribution in [2.45, 2.75) is 19.8 Å². The maximum atomic E-state index is 5.95. The molecule has 6 nitrogen and oxygen atoms in total. The summed E-state index contributed by atoms with van der Waals surface area (Å²) >= 11 is 0. The van der Waals surface area contributed by atoms with Gasteiger partial charge in [-0.1, -0.05) is 18.2 Å². The van der Waals surface area contributed by atoms with Gasteiger partial charge in [0.25, 0.3) is 0 Å². The van der Waals surface area contributed by atoms with Gasteiger partial charge >= 0.3 is 0 Å². The van der Waals surface area contributed by atoms with Crippen molar-refractivity contribution in [1.29, 1.82) is 0 Å². The molecule has 0 unspecified atom stereocenters. The average molecular weight is 399 g/mol. The zero-order chi connectivity index (χ0) is 20.4. The van der Waals surface area contributed by atoms with E-state index in [4.69, 9.17) is 14.2 Å². The second-order valence-corrected chi connectivity index (χ2v) is 6.59. The summed E-state index contributed by atoms with van der Waals surface area (Å²) in [6.07, 6.45) is 10.6. The lowest BCUT2D eigenvalue weighted by molar-refractivity contribution is 0.274. The molecule has 0 saturated carbocycles. The fraction of sp³-hybridized carbons (Fsp3) is 0.125. The van der Waals surface area contributed by atoms with Crippen molar-refractivity contribution in [3.63, 3.8) is 0 Å². The van der Waals surface area contributed by atoms with Crippen molar-refractivity contribution in [1.82, 2.24) is 15.0 Å². The van der Waals surface area contributed by atoms with Gasteiger partial charge in [-0.3, -0.25) is 15.0 Å². The number of nitrogens with zero attached hydrogens (tertiary/aromatic N) is 3. The Bertz CT molecular complexity index is 896. The molecule has 0 aliphatic carbocycles. The third-order valence-corrected chi connectivity index (χ3v) is 4.24. The Balaban J connectivity index is 1.48. The van der Waals surface area contributed by atoms with Crippen LogP contribution in [-0.4, -0.2) is 15.0 Å². The van der Waals surface area contributed by atoms with Crippen molar-refractivity contribution in [2.75, 3.05) is 0 Å². The highest BCUT2D eigenvalue weighted by molar-refractivity contribution is 5.42. The van der Waals surface area contributed by atoms with Gasteiger partial charge in [0.05, 0.1) is 0 Å². The highest BCUT2D eigenvalue weighted by Crippen LogP contribution is 2.29. The largest absolute Gasteiger partial charge is 0.489 e. The molecule has 4 rings (SSSR count). The monoisotopic (exact) mass is 399 g/mol. The van der Waals surface area contributed by atoms with Crippen LogP contribution in [0.25, 0.3) is 0 Å². The quantitative estimate of drug-likeness (QED) is 0.410. The highest BCUT2D eigenvalue weighted by Gasteiger charge is 2.07. The summed E-state index contributed by atoms with van der Waals surface area (Å²) in [6, 6.07) is 17.1. The van der Waals surface area contributed by atoms with Gasteiger partial charge in [0, 0.05) is 72.1 Å². The minimum absolute atomic E-state index is 0.405. The molecule has 0 amide bonds. The number of rotatable bonds is 9. The molecule has 150 valence electrons. The summed E-state index contributed by atoms with van der Waals surface area (Å²) < 4.78 is 17.9. The minimum atomic E-state index is 0.405. The Labute approximate surface area is 175 Å². The first-order valence-corrected chi connectivity index (χ1v) is 9.55. The van der Waals surface area contributed by atoms with Gasteiger partial charge in [0.15, 0.2) is 0 Å². The van der Waals surface area contributed by atoms with E-state index < -0.39 is 0 Å². The van der Waals surface area contributed by atoms with E-state index >= 15 is 0 Å². The normalized spacial score (nSPS) is 10.4. The van der Waals surface area contributed by atoms with E-state index in [2.05, 4.69) is 15.0 Å². The van der Waals surface area contributed by atoms with Crippen LogP contribution < -0.4 is 14.2 Å². The van der Waals surface area contributed by atoms with Crippen molar-refractivity contribution < 1.29 is 14.2 Å². The molecule has 0 N–H and O–H groups in total. The molecule has 0 fully saturated rings. The number of ether oxygens (including phenoxy) is 3. The van der Waals surface area contributed by atoms with Crippen LogP contribution >= 0.6 is 0 Å². The molecule has 1 aromatic carbocycles. The first-order valence-electron chi connectivity index (χ1n) is 9.55. The van der Waals surface area contributed by atoms with Crippen LogP contribution in [0.15, 0.2) is 91.8 Å². The summed E-state index contributed by atoms with van der Waals surface area (Å²) in [5.74, 6) is 1.97. The minimum Gasteiger partial charge on any atom is -0.489 e. The molecule has 0 atom stereocenters. The lowest BCUT2D eigenvalue weighted by Crippen LogP contribution is -2.01. The molecule has 6 heteroatoms. The molecule has 0 bridgehead atoms. The second-order valence-electron chi connectivity index (χ2n) is 6.59. The number of hydrogen-bond donors (Lipinski definition) is 0. The smallest absolute Gasteiger partial charge is 0.127 e.